The highest BCUT2D eigenvalue weighted by atomic mass is 19.4. The Morgan fingerprint density at radius 1 is 0.680 bits per heavy atom. The second-order valence-corrected chi connectivity index (χ2v) is 5.72. The van der Waals surface area contributed by atoms with Crippen LogP contribution in [0.25, 0.3) is 21.8 Å². The fraction of sp³-hybridized carbons (Fsp3) is 0.0500. The van der Waals surface area contributed by atoms with Gasteiger partial charge in [0.1, 0.15) is 0 Å². The van der Waals surface area contributed by atoms with Crippen molar-refractivity contribution in [1.29, 1.82) is 0 Å². The molecule has 4 aromatic rings. The Morgan fingerprint density at radius 2 is 1.20 bits per heavy atom. The van der Waals surface area contributed by atoms with Crippen molar-refractivity contribution in [3.05, 3.63) is 78.4 Å². The zero-order valence-electron chi connectivity index (χ0n) is 13.0. The minimum Gasteiger partial charge on any atom is -0.354 e. The summed E-state index contributed by atoms with van der Waals surface area (Å²) in [5.74, 6) is 0. The molecular formula is C20H13F3N2. The molecule has 0 saturated heterocycles. The van der Waals surface area contributed by atoms with Gasteiger partial charge < -0.3 is 5.32 Å². The molecule has 124 valence electrons. The topological polar surface area (TPSA) is 24.9 Å². The highest BCUT2D eigenvalue weighted by Crippen LogP contribution is 2.34. The number of nitrogens with one attached hydrogen (secondary N) is 1. The number of pyridine rings is 1. The van der Waals surface area contributed by atoms with E-state index >= 15 is 0 Å². The fourth-order valence-corrected chi connectivity index (χ4v) is 2.86. The zero-order valence-corrected chi connectivity index (χ0v) is 13.0. The molecule has 0 aliphatic heterocycles. The van der Waals surface area contributed by atoms with Crippen molar-refractivity contribution in [3.63, 3.8) is 0 Å². The van der Waals surface area contributed by atoms with Gasteiger partial charge in [-0.15, -0.1) is 0 Å². The Bertz CT molecular complexity index is 1000. The van der Waals surface area contributed by atoms with Crippen LogP contribution in [0.1, 0.15) is 5.56 Å². The molecule has 0 aliphatic rings. The van der Waals surface area contributed by atoms with Gasteiger partial charge in [0.15, 0.2) is 0 Å². The summed E-state index contributed by atoms with van der Waals surface area (Å²) in [6.07, 6.45) is -4.34. The normalized spacial score (nSPS) is 11.8. The lowest BCUT2D eigenvalue weighted by Crippen LogP contribution is -2.04. The molecule has 1 N–H and O–H groups in total. The number of hydrogen-bond acceptors (Lipinski definition) is 2. The SMILES string of the molecule is FC(F)(F)c1ccc(Nc2c3ccccc3nc3ccccc23)cc1. The molecule has 2 nitrogen and oxygen atoms in total. The van der Waals surface area contributed by atoms with Crippen LogP contribution in [-0.2, 0) is 6.18 Å². The highest BCUT2D eigenvalue weighted by molar-refractivity contribution is 6.08. The van der Waals surface area contributed by atoms with E-state index in [-0.39, 0.29) is 0 Å². The molecule has 1 heterocycles. The molecule has 0 fully saturated rings. The summed E-state index contributed by atoms with van der Waals surface area (Å²) in [6.45, 7) is 0. The van der Waals surface area contributed by atoms with E-state index in [0.29, 0.717) is 5.69 Å². The Morgan fingerprint density at radius 3 is 1.72 bits per heavy atom. The average Bonchev–Trinajstić information content (AvgIpc) is 2.61. The minimum absolute atomic E-state index is 0.592. The number of benzene rings is 3. The molecule has 0 spiro atoms. The maximum atomic E-state index is 12.7. The van der Waals surface area contributed by atoms with Crippen LogP contribution in [-0.4, -0.2) is 4.98 Å². The van der Waals surface area contributed by atoms with Crippen molar-refractivity contribution in [2.24, 2.45) is 0 Å². The number of hydrogen-bond donors (Lipinski definition) is 1. The van der Waals surface area contributed by atoms with Gasteiger partial charge in [-0.1, -0.05) is 36.4 Å². The maximum absolute atomic E-state index is 12.7. The third-order valence-electron chi connectivity index (χ3n) is 4.07. The zero-order chi connectivity index (χ0) is 17.4. The molecular weight excluding hydrogens is 325 g/mol. The van der Waals surface area contributed by atoms with Crippen molar-refractivity contribution in [1.82, 2.24) is 4.98 Å². The molecule has 3 aromatic carbocycles. The van der Waals surface area contributed by atoms with Gasteiger partial charge in [0.2, 0.25) is 0 Å². The van der Waals surface area contributed by atoms with Gasteiger partial charge in [0.25, 0.3) is 0 Å². The monoisotopic (exact) mass is 338 g/mol. The molecule has 0 aliphatic carbocycles. The van der Waals surface area contributed by atoms with Crippen LogP contribution in [0.15, 0.2) is 72.8 Å². The van der Waals surface area contributed by atoms with Crippen LogP contribution in [0.3, 0.4) is 0 Å². The second-order valence-electron chi connectivity index (χ2n) is 5.72. The van der Waals surface area contributed by atoms with E-state index in [1.54, 1.807) is 0 Å². The van der Waals surface area contributed by atoms with Crippen molar-refractivity contribution < 1.29 is 13.2 Å². The van der Waals surface area contributed by atoms with Crippen LogP contribution in [0.4, 0.5) is 24.5 Å². The maximum Gasteiger partial charge on any atom is 0.416 e. The van der Waals surface area contributed by atoms with Crippen LogP contribution < -0.4 is 5.32 Å². The van der Waals surface area contributed by atoms with Gasteiger partial charge in [0, 0.05) is 16.5 Å². The summed E-state index contributed by atoms with van der Waals surface area (Å²) in [5.41, 5.74) is 2.42. The molecule has 0 atom stereocenters. The molecule has 25 heavy (non-hydrogen) atoms. The summed E-state index contributed by atoms with van der Waals surface area (Å²) in [6, 6.07) is 20.4. The molecule has 5 heteroatoms. The van der Waals surface area contributed by atoms with Crippen LogP contribution >= 0.6 is 0 Å². The number of para-hydroxylation sites is 2. The van der Waals surface area contributed by atoms with E-state index in [9.17, 15) is 13.2 Å². The van der Waals surface area contributed by atoms with Gasteiger partial charge in [-0.25, -0.2) is 4.98 Å². The second kappa shape index (κ2) is 5.77. The lowest BCUT2D eigenvalue weighted by Gasteiger charge is -2.14. The van der Waals surface area contributed by atoms with E-state index in [1.807, 2.05) is 48.5 Å². The summed E-state index contributed by atoms with van der Waals surface area (Å²) >= 11 is 0. The van der Waals surface area contributed by atoms with Gasteiger partial charge in [-0.3, -0.25) is 0 Å². The number of rotatable bonds is 2. The molecule has 0 amide bonds. The first-order valence-electron chi connectivity index (χ1n) is 7.74. The number of anilines is 2. The Kier molecular flexibility index (Phi) is 3.57. The van der Waals surface area contributed by atoms with E-state index in [1.165, 1.54) is 12.1 Å². The van der Waals surface area contributed by atoms with Gasteiger partial charge >= 0.3 is 6.18 Å². The third kappa shape index (κ3) is 2.89. The predicted molar refractivity (Wildman–Crippen MR) is 94.0 cm³/mol. The standard InChI is InChI=1S/C20H13F3N2/c21-20(22,23)13-9-11-14(12-10-13)24-19-15-5-1-3-7-17(15)25-18-8-4-2-6-16(18)19/h1-12H,(H,24,25). The minimum atomic E-state index is -4.34. The lowest BCUT2D eigenvalue weighted by molar-refractivity contribution is -0.137. The van der Waals surface area contributed by atoms with Crippen molar-refractivity contribution in [3.8, 4) is 0 Å². The number of fused-ring (bicyclic) bond motifs is 2. The lowest BCUT2D eigenvalue weighted by atomic mass is 10.1. The van der Waals surface area contributed by atoms with E-state index in [2.05, 4.69) is 10.3 Å². The van der Waals surface area contributed by atoms with E-state index < -0.39 is 11.7 Å². The predicted octanol–water partition coefficient (Wildman–Crippen LogP) is 6.15. The molecule has 0 bridgehead atoms. The molecule has 1 aromatic heterocycles. The number of halogens is 3. The first-order chi connectivity index (χ1) is 12.0. The van der Waals surface area contributed by atoms with Crippen LogP contribution in [0, 0.1) is 0 Å². The molecule has 4 rings (SSSR count). The summed E-state index contributed by atoms with van der Waals surface area (Å²) in [7, 11) is 0. The Labute approximate surface area is 141 Å². The van der Waals surface area contributed by atoms with Crippen LogP contribution in [0.5, 0.6) is 0 Å². The first kappa shape index (κ1) is 15.4. The first-order valence-corrected chi connectivity index (χ1v) is 7.74. The summed E-state index contributed by atoms with van der Waals surface area (Å²) in [4.78, 5) is 4.64. The van der Waals surface area contributed by atoms with E-state index in [4.69, 9.17) is 0 Å². The number of aromatic nitrogens is 1. The fourth-order valence-electron chi connectivity index (χ4n) is 2.86. The molecule has 0 radical (unpaired) electrons. The number of nitrogens with zero attached hydrogens (tertiary/aromatic N) is 1. The van der Waals surface area contributed by atoms with Crippen molar-refractivity contribution in [2.45, 2.75) is 6.18 Å². The van der Waals surface area contributed by atoms with Gasteiger partial charge in [-0.05, 0) is 36.4 Å². The Balaban J connectivity index is 1.85. The largest absolute Gasteiger partial charge is 0.416 e. The molecule has 0 saturated carbocycles. The summed E-state index contributed by atoms with van der Waals surface area (Å²) in [5, 5.41) is 5.10. The van der Waals surface area contributed by atoms with E-state index in [0.717, 1.165) is 39.6 Å². The highest BCUT2D eigenvalue weighted by Gasteiger charge is 2.29. The summed E-state index contributed by atoms with van der Waals surface area (Å²) < 4.78 is 38.2. The quantitative estimate of drug-likeness (QED) is 0.443. The van der Waals surface area contributed by atoms with Crippen molar-refractivity contribution >= 4 is 33.2 Å². The van der Waals surface area contributed by atoms with Crippen molar-refractivity contribution in [2.75, 3.05) is 5.32 Å². The molecule has 0 unspecified atom stereocenters. The average molecular weight is 338 g/mol. The number of alkyl halides is 3. The van der Waals surface area contributed by atoms with Gasteiger partial charge in [-0.2, -0.15) is 13.2 Å². The smallest absolute Gasteiger partial charge is 0.354 e. The van der Waals surface area contributed by atoms with Crippen LogP contribution in [0.2, 0.25) is 0 Å². The Hall–Kier alpha value is -3.08. The third-order valence-corrected chi connectivity index (χ3v) is 4.07. The van der Waals surface area contributed by atoms with Gasteiger partial charge in [0.05, 0.1) is 22.3 Å².